The van der Waals surface area contributed by atoms with Crippen molar-refractivity contribution in [2.45, 2.75) is 0 Å². The van der Waals surface area contributed by atoms with Crippen molar-refractivity contribution in [3.8, 4) is 21.8 Å². The van der Waals surface area contributed by atoms with E-state index in [9.17, 15) is 4.39 Å². The fraction of sp³-hybridized carbons (Fsp3) is 0. The van der Waals surface area contributed by atoms with E-state index in [2.05, 4.69) is 5.16 Å². The summed E-state index contributed by atoms with van der Waals surface area (Å²) >= 11 is 7.18. The normalized spacial score (nSPS) is 10.8. The lowest BCUT2D eigenvalue weighted by molar-refractivity contribution is 0.436. The molecule has 0 aliphatic rings. The van der Waals surface area contributed by atoms with Gasteiger partial charge in [0.05, 0.1) is 10.6 Å². The summed E-state index contributed by atoms with van der Waals surface area (Å²) in [6.45, 7) is 0. The minimum atomic E-state index is -0.508. The smallest absolute Gasteiger partial charge is 0.177 e. The maximum Gasteiger partial charge on any atom is 0.177 e. The molecular formula is C13H8ClFN2OS. The van der Waals surface area contributed by atoms with Gasteiger partial charge in [0.15, 0.2) is 11.6 Å². The topological polar surface area (TPSA) is 52.0 Å². The summed E-state index contributed by atoms with van der Waals surface area (Å²) in [7, 11) is 0. The SMILES string of the molecule is Nc1noc(-c2ccc(Cl)c(F)c2)c1-c1cccs1. The highest BCUT2D eigenvalue weighted by Crippen LogP contribution is 2.39. The molecule has 0 aliphatic heterocycles. The van der Waals surface area contributed by atoms with Gasteiger partial charge in [-0.1, -0.05) is 22.8 Å². The Balaban J connectivity index is 2.18. The highest BCUT2D eigenvalue weighted by molar-refractivity contribution is 7.13. The van der Waals surface area contributed by atoms with E-state index in [0.29, 0.717) is 16.9 Å². The minimum Gasteiger partial charge on any atom is -0.380 e. The molecule has 0 amide bonds. The Morgan fingerprint density at radius 2 is 2.16 bits per heavy atom. The van der Waals surface area contributed by atoms with Gasteiger partial charge in [-0.25, -0.2) is 4.39 Å². The van der Waals surface area contributed by atoms with Gasteiger partial charge >= 0.3 is 0 Å². The summed E-state index contributed by atoms with van der Waals surface area (Å²) in [6, 6.07) is 8.26. The van der Waals surface area contributed by atoms with Crippen molar-refractivity contribution in [2.75, 3.05) is 5.73 Å². The second-order valence-corrected chi connectivity index (χ2v) is 5.23. The van der Waals surface area contributed by atoms with E-state index in [0.717, 1.165) is 4.88 Å². The Kier molecular flexibility index (Phi) is 3.00. The van der Waals surface area contributed by atoms with E-state index in [-0.39, 0.29) is 10.8 Å². The average molecular weight is 295 g/mol. The van der Waals surface area contributed by atoms with Crippen LogP contribution in [0.25, 0.3) is 21.8 Å². The number of anilines is 1. The van der Waals surface area contributed by atoms with Crippen LogP contribution in [0.4, 0.5) is 10.2 Å². The number of hydrogen-bond acceptors (Lipinski definition) is 4. The molecule has 0 saturated heterocycles. The maximum atomic E-state index is 13.5. The predicted molar refractivity (Wildman–Crippen MR) is 74.6 cm³/mol. The molecule has 0 unspecified atom stereocenters. The Morgan fingerprint density at radius 1 is 1.32 bits per heavy atom. The lowest BCUT2D eigenvalue weighted by Gasteiger charge is -2.01. The first-order valence-electron chi connectivity index (χ1n) is 5.41. The number of aromatic nitrogens is 1. The van der Waals surface area contributed by atoms with E-state index in [4.69, 9.17) is 21.9 Å². The molecule has 0 bridgehead atoms. The molecule has 0 radical (unpaired) electrons. The van der Waals surface area contributed by atoms with Crippen LogP contribution in [-0.4, -0.2) is 5.16 Å². The van der Waals surface area contributed by atoms with E-state index in [1.807, 2.05) is 17.5 Å². The molecule has 0 spiro atoms. The van der Waals surface area contributed by atoms with Gasteiger partial charge in [0.1, 0.15) is 5.82 Å². The first-order chi connectivity index (χ1) is 9.16. The summed E-state index contributed by atoms with van der Waals surface area (Å²) in [5.41, 5.74) is 7.05. The summed E-state index contributed by atoms with van der Waals surface area (Å²) in [5, 5.41) is 5.74. The van der Waals surface area contributed by atoms with Crippen molar-refractivity contribution in [1.29, 1.82) is 0 Å². The molecule has 0 saturated carbocycles. The van der Waals surface area contributed by atoms with Gasteiger partial charge in [-0.05, 0) is 29.6 Å². The van der Waals surface area contributed by atoms with E-state index >= 15 is 0 Å². The van der Waals surface area contributed by atoms with Crippen LogP contribution in [0.2, 0.25) is 5.02 Å². The van der Waals surface area contributed by atoms with Crippen molar-refractivity contribution < 1.29 is 8.91 Å². The molecule has 0 atom stereocenters. The van der Waals surface area contributed by atoms with Gasteiger partial charge in [0.25, 0.3) is 0 Å². The fourth-order valence-corrected chi connectivity index (χ4v) is 2.69. The first kappa shape index (κ1) is 12.2. The van der Waals surface area contributed by atoms with E-state index < -0.39 is 5.82 Å². The fourth-order valence-electron chi connectivity index (χ4n) is 1.80. The molecule has 96 valence electrons. The van der Waals surface area contributed by atoms with Crippen LogP contribution in [-0.2, 0) is 0 Å². The lowest BCUT2D eigenvalue weighted by atomic mass is 10.1. The Hall–Kier alpha value is -1.85. The summed E-state index contributed by atoms with van der Waals surface area (Å²) < 4.78 is 18.7. The number of hydrogen-bond donors (Lipinski definition) is 1. The van der Waals surface area contributed by atoms with E-state index in [1.54, 1.807) is 6.07 Å². The summed E-state index contributed by atoms with van der Waals surface area (Å²) in [4.78, 5) is 0.920. The number of thiophene rings is 1. The van der Waals surface area contributed by atoms with Crippen LogP contribution in [0.1, 0.15) is 0 Å². The van der Waals surface area contributed by atoms with Gasteiger partial charge in [-0.15, -0.1) is 11.3 Å². The van der Waals surface area contributed by atoms with Gasteiger partial charge in [-0.2, -0.15) is 0 Å². The first-order valence-corrected chi connectivity index (χ1v) is 6.67. The lowest BCUT2D eigenvalue weighted by Crippen LogP contribution is -1.87. The molecule has 6 heteroatoms. The second-order valence-electron chi connectivity index (χ2n) is 3.88. The van der Waals surface area contributed by atoms with Crippen molar-refractivity contribution in [3.63, 3.8) is 0 Å². The van der Waals surface area contributed by atoms with Crippen LogP contribution in [0.15, 0.2) is 40.2 Å². The second kappa shape index (κ2) is 4.68. The molecule has 0 fully saturated rings. The van der Waals surface area contributed by atoms with Crippen molar-refractivity contribution in [3.05, 3.63) is 46.6 Å². The Morgan fingerprint density at radius 3 is 2.84 bits per heavy atom. The molecule has 3 aromatic rings. The number of halogens is 2. The summed E-state index contributed by atoms with van der Waals surface area (Å²) in [6.07, 6.45) is 0. The number of nitrogens with zero attached hydrogens (tertiary/aromatic N) is 1. The highest BCUT2D eigenvalue weighted by Gasteiger charge is 2.19. The Bertz CT molecular complexity index is 724. The third kappa shape index (κ3) is 2.11. The van der Waals surface area contributed by atoms with Crippen molar-refractivity contribution in [1.82, 2.24) is 5.16 Å². The van der Waals surface area contributed by atoms with Gasteiger partial charge in [0.2, 0.25) is 0 Å². The monoisotopic (exact) mass is 294 g/mol. The molecule has 1 aromatic carbocycles. The average Bonchev–Trinajstić information content (AvgIpc) is 3.01. The molecule has 2 N–H and O–H groups in total. The number of nitrogen functional groups attached to an aromatic ring is 1. The minimum absolute atomic E-state index is 0.0638. The van der Waals surface area contributed by atoms with E-state index in [1.165, 1.54) is 23.5 Å². The van der Waals surface area contributed by atoms with Crippen LogP contribution in [0.3, 0.4) is 0 Å². The zero-order chi connectivity index (χ0) is 13.4. The van der Waals surface area contributed by atoms with Crippen LogP contribution in [0.5, 0.6) is 0 Å². The van der Waals surface area contributed by atoms with Crippen LogP contribution in [0, 0.1) is 5.82 Å². The van der Waals surface area contributed by atoms with Gasteiger partial charge in [-0.3, -0.25) is 0 Å². The molecule has 3 nitrogen and oxygen atoms in total. The molecule has 3 rings (SSSR count). The standard InChI is InChI=1S/C13H8ClFN2OS/c14-8-4-3-7(6-9(8)15)12-11(13(16)17-18-12)10-2-1-5-19-10/h1-6H,(H2,16,17). The number of benzene rings is 1. The third-order valence-electron chi connectivity index (χ3n) is 2.67. The maximum absolute atomic E-state index is 13.5. The number of rotatable bonds is 2. The van der Waals surface area contributed by atoms with Crippen molar-refractivity contribution >= 4 is 28.8 Å². The largest absolute Gasteiger partial charge is 0.380 e. The molecule has 2 aromatic heterocycles. The number of nitrogens with two attached hydrogens (primary N) is 1. The quantitative estimate of drug-likeness (QED) is 0.760. The molecule has 2 heterocycles. The van der Waals surface area contributed by atoms with Gasteiger partial charge in [0, 0.05) is 10.4 Å². The van der Waals surface area contributed by atoms with Crippen LogP contribution < -0.4 is 5.73 Å². The third-order valence-corrected chi connectivity index (χ3v) is 3.86. The van der Waals surface area contributed by atoms with Crippen LogP contribution >= 0.6 is 22.9 Å². The van der Waals surface area contributed by atoms with Gasteiger partial charge < -0.3 is 10.3 Å². The molecule has 0 aliphatic carbocycles. The van der Waals surface area contributed by atoms with Crippen molar-refractivity contribution in [2.24, 2.45) is 0 Å². The highest BCUT2D eigenvalue weighted by atomic mass is 35.5. The zero-order valence-corrected chi connectivity index (χ0v) is 11.1. The summed E-state index contributed by atoms with van der Waals surface area (Å²) in [5.74, 6) is 0.217. The molecular weight excluding hydrogens is 287 g/mol. The predicted octanol–water partition coefficient (Wildman–Crippen LogP) is 4.44. The Labute approximate surface area is 117 Å². The molecule has 19 heavy (non-hydrogen) atoms. The zero-order valence-electron chi connectivity index (χ0n) is 9.56.